The van der Waals surface area contributed by atoms with Crippen LogP contribution in [0.2, 0.25) is 0 Å². The third-order valence-electron chi connectivity index (χ3n) is 3.94. The smallest absolute Gasteiger partial charge is 0.281 e. The van der Waals surface area contributed by atoms with Gasteiger partial charge in [-0.05, 0) is 44.3 Å². The Morgan fingerprint density at radius 3 is 2.79 bits per heavy atom. The Bertz CT molecular complexity index is 856. The second-order valence-electron chi connectivity index (χ2n) is 5.86. The maximum atomic E-state index is 12.8. The van der Waals surface area contributed by atoms with Gasteiger partial charge in [-0.15, -0.1) is 0 Å². The SMILES string of the molecule is COc1ccc2c(CCN(C)C)cn(C(=O)c3ccncn3)c2c1. The second-order valence-corrected chi connectivity index (χ2v) is 5.86. The number of rotatable bonds is 5. The zero-order valence-electron chi connectivity index (χ0n) is 14.1. The maximum Gasteiger partial charge on any atom is 0.281 e. The van der Waals surface area contributed by atoms with Gasteiger partial charge in [-0.3, -0.25) is 9.36 Å². The van der Waals surface area contributed by atoms with Gasteiger partial charge in [-0.2, -0.15) is 0 Å². The van der Waals surface area contributed by atoms with Gasteiger partial charge in [0.25, 0.3) is 5.91 Å². The zero-order chi connectivity index (χ0) is 17.1. The van der Waals surface area contributed by atoms with Gasteiger partial charge in [0.05, 0.1) is 12.6 Å². The fourth-order valence-corrected chi connectivity index (χ4v) is 2.66. The monoisotopic (exact) mass is 324 g/mol. The van der Waals surface area contributed by atoms with Crippen molar-refractivity contribution in [2.75, 3.05) is 27.7 Å². The summed E-state index contributed by atoms with van der Waals surface area (Å²) in [5, 5.41) is 1.06. The number of nitrogens with zero attached hydrogens (tertiary/aromatic N) is 4. The lowest BCUT2D eigenvalue weighted by Crippen LogP contribution is -2.15. The van der Waals surface area contributed by atoms with Crippen LogP contribution in [0.4, 0.5) is 0 Å². The molecular formula is C18H20N4O2. The molecule has 0 fully saturated rings. The molecule has 0 unspecified atom stereocenters. The highest BCUT2D eigenvalue weighted by Gasteiger charge is 2.17. The summed E-state index contributed by atoms with van der Waals surface area (Å²) in [6, 6.07) is 7.42. The minimum absolute atomic E-state index is 0.174. The molecule has 3 aromatic rings. The summed E-state index contributed by atoms with van der Waals surface area (Å²) >= 11 is 0. The number of aromatic nitrogens is 3. The van der Waals surface area contributed by atoms with Crippen LogP contribution in [0.25, 0.3) is 10.9 Å². The van der Waals surface area contributed by atoms with Crippen molar-refractivity contribution >= 4 is 16.8 Å². The third kappa shape index (κ3) is 3.14. The lowest BCUT2D eigenvalue weighted by atomic mass is 10.1. The van der Waals surface area contributed by atoms with Crippen molar-refractivity contribution < 1.29 is 9.53 Å². The van der Waals surface area contributed by atoms with E-state index in [1.165, 1.54) is 6.33 Å². The molecule has 0 radical (unpaired) electrons. The molecule has 0 spiro atoms. The molecule has 2 heterocycles. The van der Waals surface area contributed by atoms with Crippen LogP contribution in [-0.2, 0) is 6.42 Å². The summed E-state index contributed by atoms with van der Waals surface area (Å²) in [5.74, 6) is 0.545. The molecule has 24 heavy (non-hydrogen) atoms. The molecule has 0 bridgehead atoms. The van der Waals surface area contributed by atoms with Crippen molar-refractivity contribution in [3.8, 4) is 5.75 Å². The first-order valence-corrected chi connectivity index (χ1v) is 7.73. The molecule has 1 aromatic carbocycles. The van der Waals surface area contributed by atoms with E-state index in [1.54, 1.807) is 23.9 Å². The molecule has 6 heteroatoms. The minimum Gasteiger partial charge on any atom is -0.497 e. The van der Waals surface area contributed by atoms with Crippen molar-refractivity contribution in [2.45, 2.75) is 6.42 Å². The molecule has 6 nitrogen and oxygen atoms in total. The van der Waals surface area contributed by atoms with Gasteiger partial charge in [0.2, 0.25) is 0 Å². The van der Waals surface area contributed by atoms with Crippen LogP contribution < -0.4 is 4.74 Å². The Balaban J connectivity index is 2.10. The van der Waals surface area contributed by atoms with Gasteiger partial charge in [0, 0.05) is 30.4 Å². The first kappa shape index (κ1) is 16.1. The topological polar surface area (TPSA) is 60.2 Å². The molecule has 2 aromatic heterocycles. The molecule has 0 amide bonds. The van der Waals surface area contributed by atoms with Crippen molar-refractivity contribution in [3.05, 3.63) is 54.2 Å². The summed E-state index contributed by atoms with van der Waals surface area (Å²) in [6.45, 7) is 0.910. The van der Waals surface area contributed by atoms with Crippen LogP contribution >= 0.6 is 0 Å². The van der Waals surface area contributed by atoms with Crippen LogP contribution in [0, 0.1) is 0 Å². The second kappa shape index (κ2) is 6.80. The predicted molar refractivity (Wildman–Crippen MR) is 92.5 cm³/mol. The van der Waals surface area contributed by atoms with Gasteiger partial charge >= 0.3 is 0 Å². The maximum absolute atomic E-state index is 12.8. The lowest BCUT2D eigenvalue weighted by Gasteiger charge is -2.08. The number of benzene rings is 1. The van der Waals surface area contributed by atoms with E-state index in [2.05, 4.69) is 14.9 Å². The van der Waals surface area contributed by atoms with Crippen LogP contribution in [0.5, 0.6) is 5.75 Å². The number of ether oxygens (including phenoxy) is 1. The molecule has 124 valence electrons. The van der Waals surface area contributed by atoms with E-state index in [1.807, 2.05) is 38.5 Å². The van der Waals surface area contributed by atoms with Crippen LogP contribution in [0.15, 0.2) is 43.0 Å². The first-order valence-electron chi connectivity index (χ1n) is 7.73. The Morgan fingerprint density at radius 2 is 2.12 bits per heavy atom. The van der Waals surface area contributed by atoms with Crippen molar-refractivity contribution in [1.29, 1.82) is 0 Å². The van der Waals surface area contributed by atoms with E-state index in [-0.39, 0.29) is 5.91 Å². The zero-order valence-corrected chi connectivity index (χ0v) is 14.1. The standard InChI is InChI=1S/C18H20N4O2/c1-21(2)9-7-13-11-22(18(23)16-6-8-19-12-20-16)17-10-14(24-3)4-5-15(13)17/h4-6,8,10-12H,7,9H2,1-3H3. The van der Waals surface area contributed by atoms with Gasteiger partial charge < -0.3 is 9.64 Å². The van der Waals surface area contributed by atoms with Gasteiger partial charge in [-0.25, -0.2) is 9.97 Å². The normalized spacial score (nSPS) is 11.2. The highest BCUT2D eigenvalue weighted by Crippen LogP contribution is 2.27. The van der Waals surface area contributed by atoms with Crippen LogP contribution in [0.1, 0.15) is 16.1 Å². The number of fused-ring (bicyclic) bond motifs is 1. The summed E-state index contributed by atoms with van der Waals surface area (Å²) in [6.07, 6.45) is 5.71. The molecule has 0 aliphatic rings. The predicted octanol–water partition coefficient (Wildman–Crippen LogP) is 2.23. The van der Waals surface area contributed by atoms with E-state index >= 15 is 0 Å². The van der Waals surface area contributed by atoms with Crippen LogP contribution in [0.3, 0.4) is 0 Å². The highest BCUT2D eigenvalue weighted by molar-refractivity contribution is 6.02. The summed E-state index contributed by atoms with van der Waals surface area (Å²) in [5.41, 5.74) is 2.32. The fourth-order valence-electron chi connectivity index (χ4n) is 2.66. The Kier molecular flexibility index (Phi) is 4.57. The van der Waals surface area contributed by atoms with E-state index in [9.17, 15) is 4.79 Å². The van der Waals surface area contributed by atoms with Crippen LogP contribution in [-0.4, -0.2) is 53.1 Å². The third-order valence-corrected chi connectivity index (χ3v) is 3.94. The molecule has 0 saturated carbocycles. The molecular weight excluding hydrogens is 304 g/mol. The number of carbonyl (C=O) groups is 1. The highest BCUT2D eigenvalue weighted by atomic mass is 16.5. The summed E-state index contributed by atoms with van der Waals surface area (Å²) in [7, 11) is 5.69. The fraction of sp³-hybridized carbons (Fsp3) is 0.278. The number of carbonyl (C=O) groups excluding carboxylic acids is 1. The van der Waals surface area contributed by atoms with Gasteiger partial charge in [-0.1, -0.05) is 0 Å². The number of hydrogen-bond donors (Lipinski definition) is 0. The van der Waals surface area contributed by atoms with E-state index in [0.29, 0.717) is 5.69 Å². The Labute approximate surface area is 140 Å². The Morgan fingerprint density at radius 1 is 1.29 bits per heavy atom. The molecule has 0 atom stereocenters. The number of hydrogen-bond acceptors (Lipinski definition) is 5. The van der Waals surface area contributed by atoms with Crippen molar-refractivity contribution in [3.63, 3.8) is 0 Å². The van der Waals surface area contributed by atoms with Crippen molar-refractivity contribution in [1.82, 2.24) is 19.4 Å². The largest absolute Gasteiger partial charge is 0.497 e. The quantitative estimate of drug-likeness (QED) is 0.720. The van der Waals surface area contributed by atoms with Gasteiger partial charge in [0.15, 0.2) is 0 Å². The van der Waals surface area contributed by atoms with E-state index in [0.717, 1.165) is 35.2 Å². The molecule has 0 saturated heterocycles. The molecule has 0 aliphatic heterocycles. The minimum atomic E-state index is -0.174. The first-order chi connectivity index (χ1) is 11.6. The summed E-state index contributed by atoms with van der Waals surface area (Å²) < 4.78 is 6.96. The average molecular weight is 324 g/mol. The molecule has 3 rings (SSSR count). The molecule has 0 N–H and O–H groups in total. The van der Waals surface area contributed by atoms with Crippen molar-refractivity contribution in [2.24, 2.45) is 0 Å². The number of methoxy groups -OCH3 is 1. The van der Waals surface area contributed by atoms with Gasteiger partial charge in [0.1, 0.15) is 17.8 Å². The molecule has 0 aliphatic carbocycles. The Hall–Kier alpha value is -2.73. The number of likely N-dealkylation sites (N-methyl/N-ethyl adjacent to an activating group) is 1. The van der Waals surface area contributed by atoms with E-state index < -0.39 is 0 Å². The lowest BCUT2D eigenvalue weighted by molar-refractivity contribution is 0.0959. The van der Waals surface area contributed by atoms with E-state index in [4.69, 9.17) is 4.74 Å². The summed E-state index contributed by atoms with van der Waals surface area (Å²) in [4.78, 5) is 22.9. The average Bonchev–Trinajstić information content (AvgIpc) is 2.97.